The van der Waals surface area contributed by atoms with E-state index < -0.39 is 0 Å². The van der Waals surface area contributed by atoms with Crippen molar-refractivity contribution in [2.75, 3.05) is 13.1 Å². The van der Waals surface area contributed by atoms with Crippen LogP contribution in [0.1, 0.15) is 13.3 Å². The minimum atomic E-state index is 0.133. The first-order valence-electron chi connectivity index (χ1n) is 5.23. The molecule has 15 heavy (non-hydrogen) atoms. The van der Waals surface area contributed by atoms with Crippen LogP contribution in [0.3, 0.4) is 0 Å². The Hall–Kier alpha value is -1.51. The second-order valence-electron chi connectivity index (χ2n) is 3.81. The quantitative estimate of drug-likeness (QED) is 0.735. The van der Waals surface area contributed by atoms with Crippen molar-refractivity contribution in [2.45, 2.75) is 19.4 Å². The molecule has 0 aliphatic carbocycles. The van der Waals surface area contributed by atoms with Gasteiger partial charge in [0.25, 0.3) is 0 Å². The normalized spacial score (nSPS) is 20.3. The molecule has 0 spiro atoms. The van der Waals surface area contributed by atoms with Crippen LogP contribution in [-0.4, -0.2) is 30.0 Å². The molecule has 1 saturated heterocycles. The molecule has 1 aromatic carbocycles. The Morgan fingerprint density at radius 1 is 1.40 bits per heavy atom. The molecule has 80 valence electrons. The monoisotopic (exact) mass is 205 g/mol. The largest absolute Gasteiger partial charge is 0.489 e. The van der Waals surface area contributed by atoms with Gasteiger partial charge in [0.2, 0.25) is 5.91 Å². The lowest BCUT2D eigenvalue weighted by atomic mass is 10.3. The molecule has 0 aromatic heterocycles. The summed E-state index contributed by atoms with van der Waals surface area (Å²) in [5, 5.41) is 0. The summed E-state index contributed by atoms with van der Waals surface area (Å²) in [6, 6.07) is 9.75. The third-order valence-electron chi connectivity index (χ3n) is 2.64. The Kier molecular flexibility index (Phi) is 2.90. The average molecular weight is 205 g/mol. The molecular formula is C12H15NO2. The lowest BCUT2D eigenvalue weighted by Gasteiger charge is -2.15. The summed E-state index contributed by atoms with van der Waals surface area (Å²) in [7, 11) is 0. The highest BCUT2D eigenvalue weighted by Crippen LogP contribution is 2.17. The van der Waals surface area contributed by atoms with Crippen molar-refractivity contribution in [2.24, 2.45) is 0 Å². The number of para-hydroxylation sites is 1. The molecule has 1 amide bonds. The molecule has 0 radical (unpaired) electrons. The minimum absolute atomic E-state index is 0.133. The Labute approximate surface area is 89.7 Å². The Morgan fingerprint density at radius 2 is 2.13 bits per heavy atom. The number of ether oxygens (including phenoxy) is 1. The fourth-order valence-electron chi connectivity index (χ4n) is 1.80. The van der Waals surface area contributed by atoms with Crippen molar-refractivity contribution in [3.8, 4) is 5.75 Å². The highest BCUT2D eigenvalue weighted by Gasteiger charge is 2.25. The zero-order valence-electron chi connectivity index (χ0n) is 8.85. The number of benzene rings is 1. The zero-order chi connectivity index (χ0) is 10.7. The first-order valence-corrected chi connectivity index (χ1v) is 5.23. The van der Waals surface area contributed by atoms with Gasteiger partial charge in [0, 0.05) is 19.9 Å². The number of carbonyl (C=O) groups is 1. The van der Waals surface area contributed by atoms with Crippen LogP contribution in [0.15, 0.2) is 30.3 Å². The lowest BCUT2D eigenvalue weighted by Crippen LogP contribution is -2.28. The summed E-state index contributed by atoms with van der Waals surface area (Å²) in [5.74, 6) is 1.02. The molecule has 2 rings (SSSR count). The van der Waals surface area contributed by atoms with E-state index in [1.165, 1.54) is 0 Å². The predicted octanol–water partition coefficient (Wildman–Crippen LogP) is 1.69. The summed E-state index contributed by atoms with van der Waals surface area (Å²) in [6.07, 6.45) is 1.07. The molecule has 1 aromatic rings. The maximum Gasteiger partial charge on any atom is 0.219 e. The zero-order valence-corrected chi connectivity index (χ0v) is 8.85. The summed E-state index contributed by atoms with van der Waals surface area (Å²) in [6.45, 7) is 3.13. The molecule has 3 heteroatoms. The van der Waals surface area contributed by atoms with E-state index in [1.54, 1.807) is 6.92 Å². The van der Waals surface area contributed by atoms with E-state index in [1.807, 2.05) is 35.2 Å². The fourth-order valence-corrected chi connectivity index (χ4v) is 1.80. The molecule has 0 bridgehead atoms. The van der Waals surface area contributed by atoms with E-state index in [-0.39, 0.29) is 12.0 Å². The third kappa shape index (κ3) is 2.49. The standard InChI is InChI=1S/C12H15NO2/c1-10(14)13-8-7-12(9-13)15-11-5-3-2-4-6-11/h2-6,12H,7-9H2,1H3/t12-/m1/s1. The second-order valence-corrected chi connectivity index (χ2v) is 3.81. The molecule has 0 saturated carbocycles. The molecule has 1 atom stereocenters. The summed E-state index contributed by atoms with van der Waals surface area (Å²) < 4.78 is 5.76. The molecule has 1 aliphatic heterocycles. The highest BCUT2D eigenvalue weighted by atomic mass is 16.5. The minimum Gasteiger partial charge on any atom is -0.489 e. The topological polar surface area (TPSA) is 29.5 Å². The Bertz CT molecular complexity index is 337. The summed E-state index contributed by atoms with van der Waals surface area (Å²) in [5.41, 5.74) is 0. The van der Waals surface area contributed by atoms with E-state index in [4.69, 9.17) is 4.74 Å². The second kappa shape index (κ2) is 4.34. The maximum absolute atomic E-state index is 11.1. The van der Waals surface area contributed by atoms with Crippen LogP contribution in [0.25, 0.3) is 0 Å². The van der Waals surface area contributed by atoms with Gasteiger partial charge in [0.1, 0.15) is 11.9 Å². The van der Waals surface area contributed by atoms with Crippen LogP contribution >= 0.6 is 0 Å². The third-order valence-corrected chi connectivity index (χ3v) is 2.64. The average Bonchev–Trinajstić information content (AvgIpc) is 2.68. The van der Waals surface area contributed by atoms with Crippen molar-refractivity contribution in [3.63, 3.8) is 0 Å². The van der Waals surface area contributed by atoms with Crippen LogP contribution in [0.5, 0.6) is 5.75 Å². The molecule has 1 heterocycles. The number of carbonyl (C=O) groups excluding carboxylic acids is 1. The van der Waals surface area contributed by atoms with E-state index in [0.29, 0.717) is 6.54 Å². The van der Waals surface area contributed by atoms with Gasteiger partial charge in [-0.1, -0.05) is 18.2 Å². The van der Waals surface area contributed by atoms with Crippen LogP contribution in [0, 0.1) is 0 Å². The van der Waals surface area contributed by atoms with Gasteiger partial charge in [-0.05, 0) is 12.1 Å². The highest BCUT2D eigenvalue weighted by molar-refractivity contribution is 5.73. The molecule has 3 nitrogen and oxygen atoms in total. The van der Waals surface area contributed by atoms with Gasteiger partial charge in [-0.3, -0.25) is 4.79 Å². The Balaban J connectivity index is 1.90. The first-order chi connectivity index (χ1) is 7.25. The van der Waals surface area contributed by atoms with Gasteiger partial charge in [-0.15, -0.1) is 0 Å². The van der Waals surface area contributed by atoms with E-state index >= 15 is 0 Å². The van der Waals surface area contributed by atoms with Crippen LogP contribution in [0.2, 0.25) is 0 Å². The SMILES string of the molecule is CC(=O)N1CC[C@@H](Oc2ccccc2)C1. The maximum atomic E-state index is 11.1. The molecular weight excluding hydrogens is 190 g/mol. The van der Waals surface area contributed by atoms with Crippen molar-refractivity contribution in [3.05, 3.63) is 30.3 Å². The van der Waals surface area contributed by atoms with Gasteiger partial charge in [0.05, 0.1) is 6.54 Å². The molecule has 1 aliphatic rings. The van der Waals surface area contributed by atoms with Gasteiger partial charge < -0.3 is 9.64 Å². The summed E-state index contributed by atoms with van der Waals surface area (Å²) >= 11 is 0. The Morgan fingerprint density at radius 3 is 2.73 bits per heavy atom. The van der Waals surface area contributed by atoms with Crippen molar-refractivity contribution in [1.29, 1.82) is 0 Å². The predicted molar refractivity (Wildman–Crippen MR) is 57.7 cm³/mol. The van der Waals surface area contributed by atoms with Gasteiger partial charge in [0.15, 0.2) is 0 Å². The van der Waals surface area contributed by atoms with E-state index in [2.05, 4.69) is 0 Å². The first kappa shape index (κ1) is 10.0. The number of hydrogen-bond donors (Lipinski definition) is 0. The van der Waals surface area contributed by atoms with Crippen LogP contribution in [-0.2, 0) is 4.79 Å². The van der Waals surface area contributed by atoms with Crippen molar-refractivity contribution >= 4 is 5.91 Å². The van der Waals surface area contributed by atoms with E-state index in [0.717, 1.165) is 18.7 Å². The van der Waals surface area contributed by atoms with Crippen LogP contribution < -0.4 is 4.74 Å². The fraction of sp³-hybridized carbons (Fsp3) is 0.417. The molecule has 1 fully saturated rings. The smallest absolute Gasteiger partial charge is 0.219 e. The van der Waals surface area contributed by atoms with Crippen LogP contribution in [0.4, 0.5) is 0 Å². The van der Waals surface area contributed by atoms with Crippen molar-refractivity contribution in [1.82, 2.24) is 4.90 Å². The van der Waals surface area contributed by atoms with E-state index in [9.17, 15) is 4.79 Å². The number of likely N-dealkylation sites (tertiary alicyclic amines) is 1. The molecule has 0 N–H and O–H groups in total. The summed E-state index contributed by atoms with van der Waals surface area (Å²) in [4.78, 5) is 12.9. The number of rotatable bonds is 2. The van der Waals surface area contributed by atoms with Crippen molar-refractivity contribution < 1.29 is 9.53 Å². The van der Waals surface area contributed by atoms with Gasteiger partial charge >= 0.3 is 0 Å². The lowest BCUT2D eigenvalue weighted by molar-refractivity contribution is -0.128. The number of amides is 1. The van der Waals surface area contributed by atoms with Gasteiger partial charge in [-0.2, -0.15) is 0 Å². The van der Waals surface area contributed by atoms with Gasteiger partial charge in [-0.25, -0.2) is 0 Å². The molecule has 0 unspecified atom stereocenters. The number of hydrogen-bond acceptors (Lipinski definition) is 2. The number of nitrogens with zero attached hydrogens (tertiary/aromatic N) is 1.